The zero-order valence-corrected chi connectivity index (χ0v) is 20.6. The third kappa shape index (κ3) is 4.84. The highest BCUT2D eigenvalue weighted by atomic mass is 16.6. The van der Waals surface area contributed by atoms with E-state index in [-0.39, 0.29) is 22.9 Å². The zero-order chi connectivity index (χ0) is 23.7. The van der Waals surface area contributed by atoms with E-state index in [9.17, 15) is 14.4 Å². The van der Waals surface area contributed by atoms with Crippen LogP contribution in [0.15, 0.2) is 36.0 Å². The summed E-state index contributed by atoms with van der Waals surface area (Å²) in [5, 5.41) is 0. The molecule has 176 valence electrons. The van der Waals surface area contributed by atoms with Gasteiger partial charge in [0.05, 0.1) is 0 Å². The maximum Gasteiger partial charge on any atom is 0.332 e. The van der Waals surface area contributed by atoms with E-state index in [0.29, 0.717) is 48.5 Å². The van der Waals surface area contributed by atoms with Gasteiger partial charge in [0.25, 0.3) is 0 Å². The Labute approximate surface area is 193 Å². The molecule has 0 amide bonds. The van der Waals surface area contributed by atoms with Crippen molar-refractivity contribution in [2.24, 2.45) is 35.0 Å². The molecular weight excluding hydrogens is 400 g/mol. The molecule has 32 heavy (non-hydrogen) atoms. The minimum absolute atomic E-state index is 0.00184. The third-order valence-electron chi connectivity index (χ3n) is 8.58. The van der Waals surface area contributed by atoms with Crippen LogP contribution < -0.4 is 0 Å². The summed E-state index contributed by atoms with van der Waals surface area (Å²) in [6.07, 6.45) is 13.9. The smallest absolute Gasteiger partial charge is 0.332 e. The van der Waals surface area contributed by atoms with Crippen molar-refractivity contribution >= 4 is 17.5 Å². The Kier molecular flexibility index (Phi) is 7.31. The van der Waals surface area contributed by atoms with Crippen LogP contribution in [-0.4, -0.2) is 23.1 Å². The van der Waals surface area contributed by atoms with Gasteiger partial charge in [0.1, 0.15) is 0 Å². The summed E-state index contributed by atoms with van der Waals surface area (Å²) in [7, 11) is 0. The quantitative estimate of drug-likeness (QED) is 0.288. The predicted octanol–water partition coefficient (Wildman–Crippen LogP) is 6.01. The molecule has 2 saturated carbocycles. The molecule has 0 aromatic rings. The number of Topliss-reactive ketones (excluding diaryl/α,β-unsaturated/α-hetero) is 1. The lowest BCUT2D eigenvalue weighted by molar-refractivity contribution is -0.160. The van der Waals surface area contributed by atoms with Crippen LogP contribution in [0.25, 0.3) is 0 Å². The molecule has 0 spiro atoms. The molecule has 4 nitrogen and oxygen atoms in total. The Balaban J connectivity index is 1.78. The second kappa shape index (κ2) is 9.49. The summed E-state index contributed by atoms with van der Waals surface area (Å²) >= 11 is 0. The average Bonchev–Trinajstić information content (AvgIpc) is 3.08. The van der Waals surface area contributed by atoms with Crippen LogP contribution in [0.5, 0.6) is 0 Å². The molecular formula is C28H40O4. The number of carbonyl (C=O) groups excluding carboxylic acids is 3. The molecule has 0 N–H and O–H groups in total. The Morgan fingerprint density at radius 3 is 2.47 bits per heavy atom. The van der Waals surface area contributed by atoms with Crippen LogP contribution in [0.1, 0.15) is 80.1 Å². The van der Waals surface area contributed by atoms with Gasteiger partial charge in [-0.25, -0.2) is 4.79 Å². The van der Waals surface area contributed by atoms with Gasteiger partial charge in [-0.2, -0.15) is 0 Å². The standard InChI is InChI=1S/C28H40O4/c1-18(2)19(3)10-11-20(4)22-12-13-23-21(24(29)14-16-27(22,23)5)17-26(31)32-28(6)15-8-7-9-25(28)30/h7,9-11,17-20,22-23H,8,12-16H2,1-6H3/b11-10+,21-17?/t19?,20-,22?,23?,27+,28?/m0/s1. The molecule has 0 radical (unpaired) electrons. The molecule has 4 unspecified atom stereocenters. The first-order valence-electron chi connectivity index (χ1n) is 12.3. The molecule has 0 aromatic carbocycles. The summed E-state index contributed by atoms with van der Waals surface area (Å²) < 4.78 is 5.61. The summed E-state index contributed by atoms with van der Waals surface area (Å²) in [5.74, 6) is 1.46. The van der Waals surface area contributed by atoms with Crippen molar-refractivity contribution in [2.75, 3.05) is 0 Å². The SMILES string of the molecule is CC(C)C(C)/C=C/[C@H](C)C1CCC2C(=CC(=O)OC3(C)CCC=CC3=O)C(=O)CC[C@@]21C. The lowest BCUT2D eigenvalue weighted by Gasteiger charge is -2.43. The Morgan fingerprint density at radius 2 is 1.81 bits per heavy atom. The van der Waals surface area contributed by atoms with Crippen molar-refractivity contribution in [3.63, 3.8) is 0 Å². The van der Waals surface area contributed by atoms with E-state index in [0.717, 1.165) is 19.3 Å². The van der Waals surface area contributed by atoms with E-state index in [1.165, 1.54) is 12.2 Å². The van der Waals surface area contributed by atoms with E-state index in [2.05, 4.69) is 46.8 Å². The maximum atomic E-state index is 12.8. The molecule has 0 saturated heterocycles. The zero-order valence-electron chi connectivity index (χ0n) is 20.6. The highest BCUT2D eigenvalue weighted by Crippen LogP contribution is 2.58. The number of allylic oxidation sites excluding steroid dienone is 4. The predicted molar refractivity (Wildman–Crippen MR) is 127 cm³/mol. The summed E-state index contributed by atoms with van der Waals surface area (Å²) in [6, 6.07) is 0. The van der Waals surface area contributed by atoms with Gasteiger partial charge in [0.2, 0.25) is 0 Å². The summed E-state index contributed by atoms with van der Waals surface area (Å²) in [5.41, 5.74) is -0.521. The van der Waals surface area contributed by atoms with E-state index >= 15 is 0 Å². The number of rotatable bonds is 6. The first-order valence-corrected chi connectivity index (χ1v) is 12.3. The van der Waals surface area contributed by atoms with Gasteiger partial charge in [-0.3, -0.25) is 9.59 Å². The average molecular weight is 441 g/mol. The molecule has 2 fully saturated rings. The fourth-order valence-electron chi connectivity index (χ4n) is 5.94. The molecule has 3 aliphatic rings. The maximum absolute atomic E-state index is 12.8. The Morgan fingerprint density at radius 1 is 1.09 bits per heavy atom. The summed E-state index contributed by atoms with van der Waals surface area (Å²) in [4.78, 5) is 37.9. The highest BCUT2D eigenvalue weighted by molar-refractivity contribution is 6.03. The van der Waals surface area contributed by atoms with Crippen molar-refractivity contribution in [3.05, 3.63) is 36.0 Å². The number of ketones is 2. The van der Waals surface area contributed by atoms with Crippen LogP contribution in [0, 0.1) is 35.0 Å². The fraction of sp³-hybridized carbons (Fsp3) is 0.679. The van der Waals surface area contributed by atoms with Gasteiger partial charge in [0, 0.05) is 18.1 Å². The highest BCUT2D eigenvalue weighted by Gasteiger charge is 2.52. The van der Waals surface area contributed by atoms with Crippen molar-refractivity contribution in [3.8, 4) is 0 Å². The molecule has 0 heterocycles. The van der Waals surface area contributed by atoms with Crippen molar-refractivity contribution < 1.29 is 19.1 Å². The lowest BCUT2D eigenvalue weighted by Crippen LogP contribution is -2.41. The molecule has 0 aliphatic heterocycles. The van der Waals surface area contributed by atoms with E-state index in [4.69, 9.17) is 4.74 Å². The number of esters is 1. The topological polar surface area (TPSA) is 60.4 Å². The molecule has 0 bridgehead atoms. The van der Waals surface area contributed by atoms with E-state index < -0.39 is 11.6 Å². The monoisotopic (exact) mass is 440 g/mol. The molecule has 0 aromatic heterocycles. The Bertz CT molecular complexity index is 847. The molecule has 4 heteroatoms. The van der Waals surface area contributed by atoms with Gasteiger partial charge in [-0.05, 0) is 80.1 Å². The van der Waals surface area contributed by atoms with Crippen LogP contribution in [0.2, 0.25) is 0 Å². The van der Waals surface area contributed by atoms with Crippen molar-refractivity contribution in [2.45, 2.75) is 85.7 Å². The number of hydrogen-bond acceptors (Lipinski definition) is 4. The van der Waals surface area contributed by atoms with Crippen LogP contribution in [0.4, 0.5) is 0 Å². The third-order valence-corrected chi connectivity index (χ3v) is 8.58. The van der Waals surface area contributed by atoms with Gasteiger partial charge in [0.15, 0.2) is 17.2 Å². The first-order chi connectivity index (χ1) is 15.0. The van der Waals surface area contributed by atoms with Crippen molar-refractivity contribution in [1.29, 1.82) is 0 Å². The largest absolute Gasteiger partial charge is 0.448 e. The van der Waals surface area contributed by atoms with E-state index in [1.807, 2.05) is 6.08 Å². The minimum Gasteiger partial charge on any atom is -0.448 e. The van der Waals surface area contributed by atoms with Gasteiger partial charge in [-0.1, -0.05) is 52.8 Å². The second-order valence-electron chi connectivity index (χ2n) is 11.1. The molecule has 6 atom stereocenters. The van der Waals surface area contributed by atoms with Crippen molar-refractivity contribution in [1.82, 2.24) is 0 Å². The Hall–Kier alpha value is -1.97. The molecule has 3 rings (SSSR count). The fourth-order valence-corrected chi connectivity index (χ4v) is 5.94. The normalized spacial score (nSPS) is 36.0. The van der Waals surface area contributed by atoms with Crippen LogP contribution in [0.3, 0.4) is 0 Å². The van der Waals surface area contributed by atoms with E-state index in [1.54, 1.807) is 6.92 Å². The second-order valence-corrected chi connectivity index (χ2v) is 11.1. The van der Waals surface area contributed by atoms with Crippen LogP contribution >= 0.6 is 0 Å². The van der Waals surface area contributed by atoms with Crippen LogP contribution in [-0.2, 0) is 19.1 Å². The summed E-state index contributed by atoms with van der Waals surface area (Å²) in [6.45, 7) is 13.0. The van der Waals surface area contributed by atoms with Gasteiger partial charge in [-0.15, -0.1) is 0 Å². The number of hydrogen-bond donors (Lipinski definition) is 0. The minimum atomic E-state index is -1.13. The lowest BCUT2D eigenvalue weighted by atomic mass is 9.61. The number of ether oxygens (including phenoxy) is 1. The molecule has 3 aliphatic carbocycles. The van der Waals surface area contributed by atoms with Gasteiger partial charge >= 0.3 is 5.97 Å². The number of carbonyl (C=O) groups is 3. The van der Waals surface area contributed by atoms with Gasteiger partial charge < -0.3 is 4.74 Å². The number of fused-ring (bicyclic) bond motifs is 1. The first kappa shape index (κ1) is 24.7.